The summed E-state index contributed by atoms with van der Waals surface area (Å²) in [6.45, 7) is -0.471. The fraction of sp³-hybridized carbons (Fsp3) is 0.500. The van der Waals surface area contributed by atoms with Crippen molar-refractivity contribution in [3.63, 3.8) is 0 Å². The van der Waals surface area contributed by atoms with Gasteiger partial charge in [-0.05, 0) is 6.07 Å². The Morgan fingerprint density at radius 1 is 1.65 bits per heavy atom. The number of nitrogens with two attached hydrogens (primary N) is 1. The van der Waals surface area contributed by atoms with Gasteiger partial charge in [0.15, 0.2) is 6.23 Å². The molecule has 1 aliphatic heterocycles. The van der Waals surface area contributed by atoms with Crippen LogP contribution in [0.25, 0.3) is 0 Å². The molecule has 0 aromatic carbocycles. The van der Waals surface area contributed by atoms with E-state index in [1.54, 1.807) is 0 Å². The van der Waals surface area contributed by atoms with E-state index in [-0.39, 0.29) is 12.4 Å². The molecule has 8 heteroatoms. The number of anilines is 1. The molecule has 0 radical (unpaired) electrons. The van der Waals surface area contributed by atoms with Gasteiger partial charge in [-0.15, -0.1) is 6.42 Å². The summed E-state index contributed by atoms with van der Waals surface area (Å²) in [7, 11) is 0. The second-order valence-corrected chi connectivity index (χ2v) is 4.26. The molecule has 0 aliphatic carbocycles. The maximum Gasteiger partial charge on any atom is 0.351 e. The summed E-state index contributed by atoms with van der Waals surface area (Å²) in [6.07, 6.45) is 2.70. The maximum absolute atomic E-state index is 11.8. The maximum atomic E-state index is 11.8. The van der Waals surface area contributed by atoms with Gasteiger partial charge < -0.3 is 25.4 Å². The van der Waals surface area contributed by atoms with Crippen LogP contribution in [0.3, 0.4) is 0 Å². The van der Waals surface area contributed by atoms with Gasteiger partial charge in [0.05, 0.1) is 6.61 Å². The number of aliphatic hydroxyl groups excluding tert-OH is 2. The van der Waals surface area contributed by atoms with Crippen LogP contribution in [0.1, 0.15) is 6.23 Å². The number of hydrogen-bond donors (Lipinski definition) is 3. The molecule has 1 saturated heterocycles. The predicted molar refractivity (Wildman–Crippen MR) is 68.5 cm³/mol. The molecule has 2 rings (SSSR count). The van der Waals surface area contributed by atoms with Crippen molar-refractivity contribution < 1.29 is 19.7 Å². The second-order valence-electron chi connectivity index (χ2n) is 4.26. The third-order valence-corrected chi connectivity index (χ3v) is 2.98. The van der Waals surface area contributed by atoms with Crippen LogP contribution in [-0.2, 0) is 9.47 Å². The molecule has 0 bridgehead atoms. The number of aliphatic hydroxyl groups is 2. The van der Waals surface area contributed by atoms with E-state index in [9.17, 15) is 9.90 Å². The molecule has 4 N–H and O–H groups in total. The molecule has 2 unspecified atom stereocenters. The number of aromatic nitrogens is 2. The van der Waals surface area contributed by atoms with E-state index < -0.39 is 36.8 Å². The van der Waals surface area contributed by atoms with E-state index in [0.29, 0.717) is 0 Å². The zero-order chi connectivity index (χ0) is 14.7. The average molecular weight is 281 g/mol. The van der Waals surface area contributed by atoms with E-state index in [1.807, 2.05) is 0 Å². The van der Waals surface area contributed by atoms with Crippen molar-refractivity contribution in [1.82, 2.24) is 9.55 Å². The van der Waals surface area contributed by atoms with Crippen LogP contribution in [0.4, 0.5) is 5.82 Å². The second kappa shape index (κ2) is 6.02. The Bertz CT molecular complexity index is 567. The molecule has 0 saturated carbocycles. The first-order valence-corrected chi connectivity index (χ1v) is 5.92. The minimum absolute atomic E-state index is 0.0586. The molecule has 8 nitrogen and oxygen atoms in total. The van der Waals surface area contributed by atoms with E-state index in [1.165, 1.54) is 12.3 Å². The van der Waals surface area contributed by atoms with Crippen LogP contribution in [-0.4, -0.2) is 51.3 Å². The monoisotopic (exact) mass is 281 g/mol. The Morgan fingerprint density at radius 2 is 2.40 bits per heavy atom. The smallest absolute Gasteiger partial charge is 0.351 e. The van der Waals surface area contributed by atoms with Crippen molar-refractivity contribution in [2.24, 2.45) is 0 Å². The summed E-state index contributed by atoms with van der Waals surface area (Å²) >= 11 is 0. The van der Waals surface area contributed by atoms with Gasteiger partial charge >= 0.3 is 5.69 Å². The molecular formula is C12H15N3O5. The summed E-state index contributed by atoms with van der Waals surface area (Å²) in [5.74, 6) is 2.34. The first-order chi connectivity index (χ1) is 9.58. The van der Waals surface area contributed by atoms with Crippen LogP contribution in [0.5, 0.6) is 0 Å². The Hall–Kier alpha value is -1.92. The van der Waals surface area contributed by atoms with Gasteiger partial charge in [0.2, 0.25) is 0 Å². The quantitative estimate of drug-likeness (QED) is 0.551. The zero-order valence-electron chi connectivity index (χ0n) is 10.5. The lowest BCUT2D eigenvalue weighted by atomic mass is 10.1. The molecule has 4 atom stereocenters. The number of hydrogen-bond acceptors (Lipinski definition) is 7. The van der Waals surface area contributed by atoms with Crippen molar-refractivity contribution >= 4 is 5.82 Å². The molecule has 1 aliphatic rings. The van der Waals surface area contributed by atoms with Crippen molar-refractivity contribution in [2.45, 2.75) is 24.5 Å². The Morgan fingerprint density at radius 3 is 3.00 bits per heavy atom. The fourth-order valence-corrected chi connectivity index (χ4v) is 2.04. The van der Waals surface area contributed by atoms with Gasteiger partial charge in [-0.2, -0.15) is 4.98 Å². The Kier molecular flexibility index (Phi) is 4.36. The third kappa shape index (κ3) is 2.66. The van der Waals surface area contributed by atoms with Gasteiger partial charge in [-0.1, -0.05) is 5.92 Å². The normalized spacial score (nSPS) is 29.2. The molecule has 1 aromatic heterocycles. The zero-order valence-corrected chi connectivity index (χ0v) is 10.5. The highest BCUT2D eigenvalue weighted by Crippen LogP contribution is 2.30. The summed E-state index contributed by atoms with van der Waals surface area (Å²) in [5.41, 5.74) is 4.77. The number of ether oxygens (including phenoxy) is 2. The number of rotatable bonds is 4. The number of nitrogen functional groups attached to an aromatic ring is 1. The molecule has 108 valence electrons. The molecule has 1 aromatic rings. The van der Waals surface area contributed by atoms with Gasteiger partial charge in [0.25, 0.3) is 0 Å². The predicted octanol–water partition coefficient (Wildman–Crippen LogP) is -1.91. The summed E-state index contributed by atoms with van der Waals surface area (Å²) in [5, 5.41) is 19.2. The van der Waals surface area contributed by atoms with E-state index in [4.69, 9.17) is 26.7 Å². The van der Waals surface area contributed by atoms with Crippen LogP contribution in [0, 0.1) is 12.3 Å². The molecule has 0 spiro atoms. The Balaban J connectivity index is 2.32. The van der Waals surface area contributed by atoms with Crippen LogP contribution in [0.2, 0.25) is 0 Å². The number of terminal acetylenes is 1. The molecular weight excluding hydrogens is 266 g/mol. The van der Waals surface area contributed by atoms with Crippen molar-refractivity contribution in [1.29, 1.82) is 0 Å². The van der Waals surface area contributed by atoms with Gasteiger partial charge in [0, 0.05) is 6.20 Å². The molecule has 20 heavy (non-hydrogen) atoms. The standard InChI is InChI=1S/C12H15N3O5/c1-2-5-19-10-9(17)7(6-16)20-11(10)15-4-3-8(13)14-12(15)18/h1,3-4,7,9-11,16-17H,5-6H2,(H2,13,14,18)/t7-,9?,10?,11-/m1/s1. The third-order valence-electron chi connectivity index (χ3n) is 2.98. The first kappa shape index (κ1) is 14.5. The van der Waals surface area contributed by atoms with Gasteiger partial charge in [-0.3, -0.25) is 4.57 Å². The highest BCUT2D eigenvalue weighted by molar-refractivity contribution is 5.23. The molecule has 1 fully saturated rings. The SMILES string of the molecule is C#CCOC1C(O)[C@@H](CO)O[C@H]1n1ccc(N)nc1=O. The lowest BCUT2D eigenvalue weighted by Crippen LogP contribution is -2.38. The van der Waals surface area contributed by atoms with Gasteiger partial charge in [0.1, 0.15) is 30.7 Å². The number of nitrogens with zero attached hydrogens (tertiary/aromatic N) is 2. The van der Waals surface area contributed by atoms with Crippen molar-refractivity contribution in [3.05, 3.63) is 22.7 Å². The lowest BCUT2D eigenvalue weighted by molar-refractivity contribution is -0.0676. The molecule has 2 heterocycles. The molecule has 0 amide bonds. The topological polar surface area (TPSA) is 120 Å². The summed E-state index contributed by atoms with van der Waals surface area (Å²) < 4.78 is 11.9. The fourth-order valence-electron chi connectivity index (χ4n) is 2.04. The van der Waals surface area contributed by atoms with Crippen LogP contribution in [0.15, 0.2) is 17.1 Å². The summed E-state index contributed by atoms with van der Waals surface area (Å²) in [6, 6.07) is 1.42. The largest absolute Gasteiger partial charge is 0.394 e. The minimum Gasteiger partial charge on any atom is -0.394 e. The lowest BCUT2D eigenvalue weighted by Gasteiger charge is -2.21. The minimum atomic E-state index is -1.11. The van der Waals surface area contributed by atoms with Gasteiger partial charge in [-0.25, -0.2) is 4.79 Å². The van der Waals surface area contributed by atoms with Crippen molar-refractivity contribution in [3.8, 4) is 12.3 Å². The van der Waals surface area contributed by atoms with E-state index in [0.717, 1.165) is 4.57 Å². The highest BCUT2D eigenvalue weighted by Gasteiger charge is 2.45. The highest BCUT2D eigenvalue weighted by atomic mass is 16.6. The van der Waals surface area contributed by atoms with Crippen LogP contribution >= 0.6 is 0 Å². The summed E-state index contributed by atoms with van der Waals surface area (Å²) in [4.78, 5) is 15.4. The van der Waals surface area contributed by atoms with Crippen LogP contribution < -0.4 is 11.4 Å². The Labute approximate surface area is 114 Å². The van der Waals surface area contributed by atoms with E-state index >= 15 is 0 Å². The van der Waals surface area contributed by atoms with E-state index in [2.05, 4.69) is 10.9 Å². The van der Waals surface area contributed by atoms with Crippen molar-refractivity contribution in [2.75, 3.05) is 18.9 Å². The average Bonchev–Trinajstić information content (AvgIpc) is 2.73. The first-order valence-electron chi connectivity index (χ1n) is 5.92.